The first-order valence-electron chi connectivity index (χ1n) is 4.33. The fraction of sp³-hybridized carbons (Fsp3) is 0.400. The molecule has 0 heterocycles. The second kappa shape index (κ2) is 5.41. The molecule has 0 aromatic heterocycles. The van der Waals surface area contributed by atoms with Crippen molar-refractivity contribution in [2.24, 2.45) is 0 Å². The highest BCUT2D eigenvalue weighted by Gasteiger charge is 2.03. The van der Waals surface area contributed by atoms with Crippen LogP contribution in [0.15, 0.2) is 22.7 Å². The van der Waals surface area contributed by atoms with E-state index in [-0.39, 0.29) is 6.54 Å². The monoisotopic (exact) mass is 263 g/mol. The Morgan fingerprint density at radius 3 is 2.71 bits per heavy atom. The lowest BCUT2D eigenvalue weighted by atomic mass is 10.1. The van der Waals surface area contributed by atoms with Crippen LogP contribution in [-0.4, -0.2) is 13.0 Å². The van der Waals surface area contributed by atoms with Gasteiger partial charge in [-0.2, -0.15) is 0 Å². The van der Waals surface area contributed by atoms with E-state index in [4.69, 9.17) is 0 Å². The molecule has 4 heteroatoms. The molecule has 1 N–H and O–H groups in total. The Kier molecular flexibility index (Phi) is 4.48. The lowest BCUT2D eigenvalue weighted by molar-refractivity contribution is 0.145. The maximum absolute atomic E-state index is 11.8. The average molecular weight is 264 g/mol. The standard InChI is InChI=1S/C10H12BrF2N/c1-7-2-3-8(9(11)4-7)5-14-6-10(12)13/h2-4,10,14H,5-6H2,1H3. The molecule has 0 bridgehead atoms. The highest BCUT2D eigenvalue weighted by molar-refractivity contribution is 9.10. The third-order valence-electron chi connectivity index (χ3n) is 1.82. The van der Waals surface area contributed by atoms with Crippen molar-refractivity contribution >= 4 is 15.9 Å². The molecular formula is C10H12BrF2N. The van der Waals surface area contributed by atoms with E-state index in [1.807, 2.05) is 25.1 Å². The summed E-state index contributed by atoms with van der Waals surface area (Å²) in [5, 5.41) is 2.68. The molecule has 0 spiro atoms. The molecule has 0 saturated carbocycles. The van der Waals surface area contributed by atoms with E-state index in [0.717, 1.165) is 15.6 Å². The summed E-state index contributed by atoms with van der Waals surface area (Å²) in [4.78, 5) is 0. The number of aryl methyl sites for hydroxylation is 1. The van der Waals surface area contributed by atoms with E-state index in [1.54, 1.807) is 0 Å². The highest BCUT2D eigenvalue weighted by atomic mass is 79.9. The van der Waals surface area contributed by atoms with Crippen molar-refractivity contribution in [3.05, 3.63) is 33.8 Å². The van der Waals surface area contributed by atoms with Gasteiger partial charge in [0.15, 0.2) is 0 Å². The van der Waals surface area contributed by atoms with Crippen molar-refractivity contribution in [1.29, 1.82) is 0 Å². The van der Waals surface area contributed by atoms with Crippen LogP contribution in [0.25, 0.3) is 0 Å². The molecule has 0 aliphatic carbocycles. The van der Waals surface area contributed by atoms with Gasteiger partial charge in [0.1, 0.15) is 0 Å². The Morgan fingerprint density at radius 1 is 1.43 bits per heavy atom. The van der Waals surface area contributed by atoms with Crippen molar-refractivity contribution < 1.29 is 8.78 Å². The molecular weight excluding hydrogens is 252 g/mol. The summed E-state index contributed by atoms with van der Waals surface area (Å²) in [5.41, 5.74) is 2.14. The third kappa shape index (κ3) is 3.72. The van der Waals surface area contributed by atoms with E-state index >= 15 is 0 Å². The van der Waals surface area contributed by atoms with Gasteiger partial charge in [-0.1, -0.05) is 28.1 Å². The summed E-state index contributed by atoms with van der Waals surface area (Å²) in [6.45, 7) is 2.19. The second-order valence-corrected chi connectivity index (χ2v) is 3.97. The molecule has 78 valence electrons. The number of halogens is 3. The van der Waals surface area contributed by atoms with Gasteiger partial charge >= 0.3 is 0 Å². The molecule has 1 aromatic carbocycles. The average Bonchev–Trinajstić information content (AvgIpc) is 2.08. The van der Waals surface area contributed by atoms with Crippen molar-refractivity contribution in [3.8, 4) is 0 Å². The van der Waals surface area contributed by atoms with Crippen LogP contribution in [0.2, 0.25) is 0 Å². The minimum absolute atomic E-state index is 0.264. The molecule has 0 radical (unpaired) electrons. The summed E-state index contributed by atoms with van der Waals surface area (Å²) in [6, 6.07) is 5.86. The first-order chi connectivity index (χ1) is 6.59. The molecule has 1 aromatic rings. The van der Waals surface area contributed by atoms with Crippen LogP contribution in [0.1, 0.15) is 11.1 Å². The van der Waals surface area contributed by atoms with Crippen LogP contribution in [-0.2, 0) is 6.54 Å². The predicted octanol–water partition coefficient (Wildman–Crippen LogP) is 3.11. The first-order valence-corrected chi connectivity index (χ1v) is 5.13. The smallest absolute Gasteiger partial charge is 0.250 e. The van der Waals surface area contributed by atoms with Crippen LogP contribution in [0, 0.1) is 6.92 Å². The molecule has 0 atom stereocenters. The topological polar surface area (TPSA) is 12.0 Å². The van der Waals surface area contributed by atoms with Gasteiger partial charge in [0.2, 0.25) is 0 Å². The SMILES string of the molecule is Cc1ccc(CNCC(F)F)c(Br)c1. The van der Waals surface area contributed by atoms with Gasteiger partial charge in [0.05, 0.1) is 6.54 Å². The van der Waals surface area contributed by atoms with Crippen molar-refractivity contribution in [2.75, 3.05) is 6.54 Å². The number of nitrogens with one attached hydrogen (secondary N) is 1. The van der Waals surface area contributed by atoms with Gasteiger partial charge in [-0.3, -0.25) is 0 Å². The van der Waals surface area contributed by atoms with Gasteiger partial charge in [-0.15, -0.1) is 0 Å². The second-order valence-electron chi connectivity index (χ2n) is 3.12. The zero-order valence-corrected chi connectivity index (χ0v) is 9.44. The molecule has 0 amide bonds. The van der Waals surface area contributed by atoms with E-state index in [2.05, 4.69) is 21.2 Å². The number of alkyl halides is 2. The normalized spacial score (nSPS) is 10.9. The summed E-state index contributed by atoms with van der Waals surface area (Å²) >= 11 is 3.39. The summed E-state index contributed by atoms with van der Waals surface area (Å²) in [6.07, 6.45) is -2.29. The lowest BCUT2D eigenvalue weighted by Crippen LogP contribution is -2.20. The molecule has 0 aliphatic heterocycles. The molecule has 0 aliphatic rings. The Hall–Kier alpha value is -0.480. The van der Waals surface area contributed by atoms with Gasteiger partial charge in [0, 0.05) is 11.0 Å². The van der Waals surface area contributed by atoms with Gasteiger partial charge < -0.3 is 5.32 Å². The van der Waals surface area contributed by atoms with E-state index in [0.29, 0.717) is 6.54 Å². The van der Waals surface area contributed by atoms with Crippen LogP contribution >= 0.6 is 15.9 Å². The fourth-order valence-corrected chi connectivity index (χ4v) is 1.75. The maximum atomic E-state index is 11.8. The van der Waals surface area contributed by atoms with E-state index < -0.39 is 6.43 Å². The Morgan fingerprint density at radius 2 is 2.14 bits per heavy atom. The zero-order chi connectivity index (χ0) is 10.6. The van der Waals surface area contributed by atoms with Crippen LogP contribution in [0.4, 0.5) is 8.78 Å². The van der Waals surface area contributed by atoms with Gasteiger partial charge in [-0.05, 0) is 24.1 Å². The van der Waals surface area contributed by atoms with Crippen molar-refractivity contribution in [2.45, 2.75) is 19.9 Å². The number of benzene rings is 1. The van der Waals surface area contributed by atoms with Crippen molar-refractivity contribution in [3.63, 3.8) is 0 Å². The molecule has 0 saturated heterocycles. The van der Waals surface area contributed by atoms with Gasteiger partial charge in [0.25, 0.3) is 6.43 Å². The lowest BCUT2D eigenvalue weighted by Gasteiger charge is -2.06. The summed E-state index contributed by atoms with van der Waals surface area (Å²) in [5.74, 6) is 0. The molecule has 1 nitrogen and oxygen atoms in total. The maximum Gasteiger partial charge on any atom is 0.250 e. The molecule has 14 heavy (non-hydrogen) atoms. The Balaban J connectivity index is 2.51. The summed E-state index contributed by atoms with van der Waals surface area (Å²) in [7, 11) is 0. The molecule has 0 fully saturated rings. The predicted molar refractivity (Wildman–Crippen MR) is 56.6 cm³/mol. The van der Waals surface area contributed by atoms with Gasteiger partial charge in [-0.25, -0.2) is 8.78 Å². The Labute approximate surface area is 90.6 Å². The first kappa shape index (κ1) is 11.6. The van der Waals surface area contributed by atoms with Crippen LogP contribution < -0.4 is 5.32 Å². The van der Waals surface area contributed by atoms with E-state index in [9.17, 15) is 8.78 Å². The largest absolute Gasteiger partial charge is 0.307 e. The number of hydrogen-bond acceptors (Lipinski definition) is 1. The quantitative estimate of drug-likeness (QED) is 0.881. The minimum atomic E-state index is -2.29. The van der Waals surface area contributed by atoms with E-state index in [1.165, 1.54) is 0 Å². The third-order valence-corrected chi connectivity index (χ3v) is 2.56. The van der Waals surface area contributed by atoms with Crippen molar-refractivity contribution in [1.82, 2.24) is 5.32 Å². The molecule has 0 unspecified atom stereocenters. The molecule has 1 rings (SSSR count). The zero-order valence-electron chi connectivity index (χ0n) is 7.86. The summed E-state index contributed by atoms with van der Waals surface area (Å²) < 4.78 is 24.6. The number of rotatable bonds is 4. The van der Waals surface area contributed by atoms with Crippen LogP contribution in [0.5, 0.6) is 0 Å². The number of hydrogen-bond donors (Lipinski definition) is 1. The van der Waals surface area contributed by atoms with Crippen LogP contribution in [0.3, 0.4) is 0 Å². The minimum Gasteiger partial charge on any atom is -0.307 e. The highest BCUT2D eigenvalue weighted by Crippen LogP contribution is 2.17. The Bertz CT molecular complexity index is 302. The fourth-order valence-electron chi connectivity index (χ4n) is 1.11.